The van der Waals surface area contributed by atoms with Crippen molar-refractivity contribution in [2.75, 3.05) is 37.9 Å². The number of benzene rings is 1. The van der Waals surface area contributed by atoms with Crippen LogP contribution in [0.25, 0.3) is 0 Å². The molecular weight excluding hydrogens is 315 g/mol. The molecule has 4 rings (SSSR count). The average Bonchev–Trinajstić information content (AvgIpc) is 3.10. The maximum atomic E-state index is 13.8. The zero-order valence-corrected chi connectivity index (χ0v) is 13.7. The van der Waals surface area contributed by atoms with Crippen LogP contribution in [0.4, 0.5) is 9.39 Å². The quantitative estimate of drug-likeness (QED) is 0.861. The molecule has 4 nitrogen and oxygen atoms in total. The van der Waals surface area contributed by atoms with E-state index in [1.54, 1.807) is 17.4 Å². The molecule has 0 atom stereocenters. The molecule has 0 unspecified atom stereocenters. The van der Waals surface area contributed by atoms with Crippen LogP contribution in [0.1, 0.15) is 11.1 Å². The third-order valence-corrected chi connectivity index (χ3v) is 5.26. The Balaban J connectivity index is 1.44. The van der Waals surface area contributed by atoms with Crippen molar-refractivity contribution in [1.29, 1.82) is 0 Å². The second-order valence-corrected chi connectivity index (χ2v) is 6.80. The summed E-state index contributed by atoms with van der Waals surface area (Å²) in [5, 5.41) is 3.44. The molecule has 2 aromatic rings. The number of anilines is 1. The summed E-state index contributed by atoms with van der Waals surface area (Å²) < 4.78 is 24.7. The molecule has 6 heteroatoms. The van der Waals surface area contributed by atoms with Crippen molar-refractivity contribution in [3.63, 3.8) is 0 Å². The summed E-state index contributed by atoms with van der Waals surface area (Å²) >= 11 is 1.78. The van der Waals surface area contributed by atoms with E-state index in [-0.39, 0.29) is 12.6 Å². The van der Waals surface area contributed by atoms with Gasteiger partial charge in [0.25, 0.3) is 0 Å². The van der Waals surface area contributed by atoms with E-state index in [2.05, 4.69) is 27.3 Å². The third-order valence-electron chi connectivity index (χ3n) is 4.34. The summed E-state index contributed by atoms with van der Waals surface area (Å²) in [6, 6.07) is 7.35. The Bertz CT molecular complexity index is 669. The molecule has 122 valence electrons. The lowest BCUT2D eigenvalue weighted by Crippen LogP contribution is -2.45. The number of ether oxygens (including phenoxy) is 2. The zero-order chi connectivity index (χ0) is 15.6. The van der Waals surface area contributed by atoms with E-state index in [4.69, 9.17) is 9.47 Å². The summed E-state index contributed by atoms with van der Waals surface area (Å²) in [6.45, 7) is 5.34. The highest BCUT2D eigenvalue weighted by Crippen LogP contribution is 2.31. The largest absolute Gasteiger partial charge is 0.467 e. The fourth-order valence-electron chi connectivity index (χ4n) is 3.19. The van der Waals surface area contributed by atoms with Gasteiger partial charge in [0.2, 0.25) is 0 Å². The Morgan fingerprint density at radius 1 is 1.17 bits per heavy atom. The minimum absolute atomic E-state index is 0.218. The van der Waals surface area contributed by atoms with Gasteiger partial charge in [-0.15, -0.1) is 11.3 Å². The molecule has 0 N–H and O–H groups in total. The molecule has 0 spiro atoms. The monoisotopic (exact) mass is 334 g/mol. The van der Waals surface area contributed by atoms with E-state index in [0.717, 1.165) is 49.6 Å². The molecule has 0 saturated carbocycles. The van der Waals surface area contributed by atoms with Crippen molar-refractivity contribution in [2.45, 2.75) is 13.2 Å². The fourth-order valence-corrected chi connectivity index (χ4v) is 3.98. The van der Waals surface area contributed by atoms with Gasteiger partial charge in [-0.05, 0) is 29.6 Å². The van der Waals surface area contributed by atoms with Gasteiger partial charge in [0.05, 0.1) is 11.6 Å². The van der Waals surface area contributed by atoms with Gasteiger partial charge in [0.15, 0.2) is 6.79 Å². The van der Waals surface area contributed by atoms with Gasteiger partial charge in [-0.1, -0.05) is 0 Å². The molecule has 0 aliphatic carbocycles. The Labute approximate surface area is 139 Å². The predicted octanol–water partition coefficient (Wildman–Crippen LogP) is 3.08. The number of thiophene rings is 1. The van der Waals surface area contributed by atoms with Gasteiger partial charge in [-0.2, -0.15) is 0 Å². The molecule has 2 aliphatic rings. The van der Waals surface area contributed by atoms with Gasteiger partial charge in [0.1, 0.15) is 11.6 Å². The highest BCUT2D eigenvalue weighted by atomic mass is 32.1. The Morgan fingerprint density at radius 3 is 2.83 bits per heavy atom. The van der Waals surface area contributed by atoms with E-state index >= 15 is 0 Å². The predicted molar refractivity (Wildman–Crippen MR) is 88.5 cm³/mol. The number of nitrogens with zero attached hydrogens (tertiary/aromatic N) is 2. The topological polar surface area (TPSA) is 24.9 Å². The molecule has 23 heavy (non-hydrogen) atoms. The summed E-state index contributed by atoms with van der Waals surface area (Å²) in [5.74, 6) is 0.586. The highest BCUT2D eigenvalue weighted by Gasteiger charge is 2.22. The van der Waals surface area contributed by atoms with Crippen molar-refractivity contribution < 1.29 is 13.9 Å². The van der Waals surface area contributed by atoms with Crippen LogP contribution in [0.3, 0.4) is 0 Å². The van der Waals surface area contributed by atoms with Crippen molar-refractivity contribution in [2.24, 2.45) is 0 Å². The Kier molecular flexibility index (Phi) is 4.20. The van der Waals surface area contributed by atoms with Crippen molar-refractivity contribution in [3.8, 4) is 5.75 Å². The van der Waals surface area contributed by atoms with Crippen LogP contribution >= 0.6 is 11.3 Å². The van der Waals surface area contributed by atoms with Gasteiger partial charge in [-0.3, -0.25) is 4.90 Å². The van der Waals surface area contributed by atoms with E-state index in [0.29, 0.717) is 6.61 Å². The van der Waals surface area contributed by atoms with Gasteiger partial charge in [0, 0.05) is 43.9 Å². The standard InChI is InChI=1S/C17H19FN2O2S/c18-15-8-13(17-14(9-15)11-21-12-22-17)10-19-3-5-20(6-4-19)16-2-1-7-23-16/h1-2,7-9H,3-6,10-12H2. The Hall–Kier alpha value is -1.63. The lowest BCUT2D eigenvalue weighted by molar-refractivity contribution is -0.0177. The van der Waals surface area contributed by atoms with Gasteiger partial charge < -0.3 is 14.4 Å². The van der Waals surface area contributed by atoms with Crippen LogP contribution < -0.4 is 9.64 Å². The normalized spacial score (nSPS) is 18.6. The summed E-state index contributed by atoms with van der Waals surface area (Å²) in [6.07, 6.45) is 0. The van der Waals surface area contributed by atoms with Crippen LogP contribution in [0, 0.1) is 5.82 Å². The molecule has 0 bridgehead atoms. The first-order valence-corrected chi connectivity index (χ1v) is 8.70. The van der Waals surface area contributed by atoms with E-state index in [9.17, 15) is 4.39 Å². The first-order chi connectivity index (χ1) is 11.3. The number of halogens is 1. The van der Waals surface area contributed by atoms with Crippen molar-refractivity contribution in [1.82, 2.24) is 4.90 Å². The smallest absolute Gasteiger partial charge is 0.189 e. The van der Waals surface area contributed by atoms with E-state index < -0.39 is 0 Å². The summed E-state index contributed by atoms with van der Waals surface area (Å²) in [7, 11) is 0. The first-order valence-electron chi connectivity index (χ1n) is 7.82. The number of hydrogen-bond acceptors (Lipinski definition) is 5. The number of hydrogen-bond donors (Lipinski definition) is 0. The molecule has 2 aliphatic heterocycles. The van der Waals surface area contributed by atoms with Crippen LogP contribution in [0.5, 0.6) is 5.75 Å². The molecule has 1 saturated heterocycles. The summed E-state index contributed by atoms with van der Waals surface area (Å²) in [5.41, 5.74) is 1.73. The maximum absolute atomic E-state index is 13.8. The van der Waals surface area contributed by atoms with Crippen LogP contribution in [0.2, 0.25) is 0 Å². The second kappa shape index (κ2) is 6.47. The van der Waals surface area contributed by atoms with Crippen LogP contribution in [-0.2, 0) is 17.9 Å². The number of fused-ring (bicyclic) bond motifs is 1. The molecule has 3 heterocycles. The lowest BCUT2D eigenvalue weighted by Gasteiger charge is -2.35. The second-order valence-electron chi connectivity index (χ2n) is 5.88. The molecule has 1 fully saturated rings. The molecule has 0 radical (unpaired) electrons. The number of piperazine rings is 1. The van der Waals surface area contributed by atoms with Gasteiger partial charge >= 0.3 is 0 Å². The average molecular weight is 334 g/mol. The maximum Gasteiger partial charge on any atom is 0.189 e. The molecule has 1 aromatic heterocycles. The minimum atomic E-state index is -0.218. The zero-order valence-electron chi connectivity index (χ0n) is 12.8. The third kappa shape index (κ3) is 3.20. The SMILES string of the molecule is Fc1cc2c(c(CN3CCN(c4cccs4)CC3)c1)OCOC2. The molecule has 1 aromatic carbocycles. The van der Waals surface area contributed by atoms with Crippen molar-refractivity contribution in [3.05, 3.63) is 46.6 Å². The highest BCUT2D eigenvalue weighted by molar-refractivity contribution is 7.14. The molecular formula is C17H19FN2O2S. The van der Waals surface area contributed by atoms with E-state index in [1.807, 2.05) is 0 Å². The first kappa shape index (κ1) is 14.9. The fraction of sp³-hybridized carbons (Fsp3) is 0.412. The van der Waals surface area contributed by atoms with E-state index in [1.165, 1.54) is 11.1 Å². The minimum Gasteiger partial charge on any atom is -0.467 e. The summed E-state index contributed by atoms with van der Waals surface area (Å²) in [4.78, 5) is 4.77. The lowest BCUT2D eigenvalue weighted by atomic mass is 10.1. The Morgan fingerprint density at radius 2 is 2.04 bits per heavy atom. The molecule has 0 amide bonds. The van der Waals surface area contributed by atoms with Crippen molar-refractivity contribution >= 4 is 16.3 Å². The number of rotatable bonds is 3. The van der Waals surface area contributed by atoms with Crippen LogP contribution in [-0.4, -0.2) is 37.9 Å². The van der Waals surface area contributed by atoms with Gasteiger partial charge in [-0.25, -0.2) is 4.39 Å². The van der Waals surface area contributed by atoms with Crippen LogP contribution in [0.15, 0.2) is 29.6 Å².